The number of nitrogens with zero attached hydrogens (tertiary/aromatic N) is 2. The minimum atomic E-state index is -4.56. The van der Waals surface area contributed by atoms with Crippen LogP contribution in [0.1, 0.15) is 34.6 Å². The van der Waals surface area contributed by atoms with Crippen LogP contribution < -0.4 is 14.8 Å². The first-order chi connectivity index (χ1) is 11.8. The first kappa shape index (κ1) is 15.6. The number of carboxylic acids is 1. The Morgan fingerprint density at radius 3 is 2.76 bits per heavy atom. The molecule has 2 atom stereocenters. The Morgan fingerprint density at radius 2 is 2.04 bits per heavy atom. The summed E-state index contributed by atoms with van der Waals surface area (Å²) < 4.78 is 51.5. The molecular formula is C15H12F3N3O4. The van der Waals surface area contributed by atoms with E-state index in [9.17, 15) is 18.0 Å². The van der Waals surface area contributed by atoms with Gasteiger partial charge in [0.15, 0.2) is 23.2 Å². The Hall–Kier alpha value is -2.91. The van der Waals surface area contributed by atoms with Crippen LogP contribution >= 0.6 is 0 Å². The lowest BCUT2D eigenvalue weighted by Crippen LogP contribution is -2.35. The van der Waals surface area contributed by atoms with Gasteiger partial charge in [-0.3, -0.25) is 0 Å². The first-order valence-electron chi connectivity index (χ1n) is 7.38. The fraction of sp³-hybridized carbons (Fsp3) is 0.333. The number of carboxylic acid groups (broad SMARTS) is 1. The highest BCUT2D eigenvalue weighted by Crippen LogP contribution is 2.45. The summed E-state index contributed by atoms with van der Waals surface area (Å²) in [5.74, 6) is -0.379. The maximum Gasteiger partial charge on any atom is 0.410 e. The summed E-state index contributed by atoms with van der Waals surface area (Å²) in [6.45, 7) is 0.0663. The maximum absolute atomic E-state index is 13.5. The van der Waals surface area contributed by atoms with Gasteiger partial charge in [-0.25, -0.2) is 9.48 Å². The molecule has 0 amide bonds. The van der Waals surface area contributed by atoms with Gasteiger partial charge in [-0.1, -0.05) is 6.07 Å². The quantitative estimate of drug-likeness (QED) is 0.861. The summed E-state index contributed by atoms with van der Waals surface area (Å²) in [7, 11) is 0. The molecule has 0 saturated carbocycles. The van der Waals surface area contributed by atoms with Crippen LogP contribution in [0.4, 0.5) is 19.0 Å². The van der Waals surface area contributed by atoms with E-state index in [1.807, 2.05) is 0 Å². The van der Waals surface area contributed by atoms with Crippen molar-refractivity contribution in [3.8, 4) is 11.5 Å². The third-order valence-electron chi connectivity index (χ3n) is 4.21. The molecule has 0 spiro atoms. The van der Waals surface area contributed by atoms with Crippen molar-refractivity contribution in [1.29, 1.82) is 0 Å². The van der Waals surface area contributed by atoms with Crippen molar-refractivity contribution in [2.45, 2.75) is 24.7 Å². The third-order valence-corrected chi connectivity index (χ3v) is 4.21. The molecule has 25 heavy (non-hydrogen) atoms. The van der Waals surface area contributed by atoms with E-state index in [0.717, 1.165) is 6.07 Å². The van der Waals surface area contributed by atoms with Crippen LogP contribution in [0.5, 0.6) is 11.5 Å². The number of fused-ring (bicyclic) bond motifs is 2. The predicted octanol–water partition coefficient (Wildman–Crippen LogP) is 2.97. The van der Waals surface area contributed by atoms with Gasteiger partial charge < -0.3 is 19.9 Å². The van der Waals surface area contributed by atoms with Crippen molar-refractivity contribution in [3.63, 3.8) is 0 Å². The second kappa shape index (κ2) is 5.30. The van der Waals surface area contributed by atoms with Crippen LogP contribution in [-0.4, -0.2) is 33.8 Å². The molecule has 2 aromatic rings. The Balaban J connectivity index is 1.73. The predicted molar refractivity (Wildman–Crippen MR) is 77.8 cm³/mol. The molecule has 10 heteroatoms. The van der Waals surface area contributed by atoms with E-state index in [1.165, 1.54) is 0 Å². The van der Waals surface area contributed by atoms with Crippen LogP contribution in [0.2, 0.25) is 0 Å². The SMILES string of the molecule is O=C(O)c1cc2n(n1)[C@H](C(F)(F)F)C[C@H](c1ccc3c(c1)OCO3)N2. The number of aromatic nitrogens is 2. The smallest absolute Gasteiger partial charge is 0.410 e. The average Bonchev–Trinajstić information content (AvgIpc) is 3.18. The van der Waals surface area contributed by atoms with Crippen LogP contribution in [-0.2, 0) is 0 Å². The number of rotatable bonds is 2. The standard InChI is InChI=1S/C15H12F3N3O4/c16-15(17,18)12-4-8(7-1-2-10-11(3-7)25-6-24-10)19-13-5-9(14(22)23)20-21(12)13/h1-3,5,8,12,19H,4,6H2,(H,22,23)/t8-,12+/m1/s1. The fourth-order valence-corrected chi connectivity index (χ4v) is 3.03. The molecule has 0 bridgehead atoms. The number of benzene rings is 1. The molecule has 2 N–H and O–H groups in total. The lowest BCUT2D eigenvalue weighted by Gasteiger charge is -2.33. The molecule has 0 radical (unpaired) electrons. The third kappa shape index (κ3) is 2.63. The Morgan fingerprint density at radius 1 is 1.28 bits per heavy atom. The number of nitrogens with one attached hydrogen (secondary N) is 1. The summed E-state index contributed by atoms with van der Waals surface area (Å²) in [5, 5.41) is 15.5. The van der Waals surface area contributed by atoms with Crippen LogP contribution in [0.15, 0.2) is 24.3 Å². The molecule has 0 unspecified atom stereocenters. The summed E-state index contributed by atoms with van der Waals surface area (Å²) in [6.07, 6.45) is -4.88. The topological polar surface area (TPSA) is 85.6 Å². The number of hydrogen-bond acceptors (Lipinski definition) is 5. The van der Waals surface area contributed by atoms with Crippen LogP contribution in [0.3, 0.4) is 0 Å². The van der Waals surface area contributed by atoms with Crippen molar-refractivity contribution in [3.05, 3.63) is 35.5 Å². The Bertz CT molecular complexity index is 849. The minimum Gasteiger partial charge on any atom is -0.476 e. The number of hydrogen-bond donors (Lipinski definition) is 2. The zero-order valence-electron chi connectivity index (χ0n) is 12.6. The summed E-state index contributed by atoms with van der Waals surface area (Å²) >= 11 is 0. The molecule has 132 valence electrons. The fourth-order valence-electron chi connectivity index (χ4n) is 3.03. The van der Waals surface area contributed by atoms with Gasteiger partial charge in [-0.2, -0.15) is 18.3 Å². The number of carbonyl (C=O) groups is 1. The molecule has 0 fully saturated rings. The van der Waals surface area contributed by atoms with Gasteiger partial charge in [0.25, 0.3) is 0 Å². The highest BCUT2D eigenvalue weighted by atomic mass is 19.4. The Kier molecular flexibility index (Phi) is 3.31. The number of halogens is 3. The second-order valence-corrected chi connectivity index (χ2v) is 5.77. The van der Waals surface area contributed by atoms with E-state index < -0.39 is 29.9 Å². The van der Waals surface area contributed by atoms with Gasteiger partial charge in [0, 0.05) is 12.5 Å². The van der Waals surface area contributed by atoms with Crippen LogP contribution in [0, 0.1) is 0 Å². The molecule has 3 heterocycles. The van der Waals surface area contributed by atoms with Crippen molar-refractivity contribution in [1.82, 2.24) is 9.78 Å². The van der Waals surface area contributed by atoms with Gasteiger partial charge >= 0.3 is 12.1 Å². The lowest BCUT2D eigenvalue weighted by molar-refractivity contribution is -0.173. The molecule has 1 aromatic carbocycles. The van der Waals surface area contributed by atoms with E-state index >= 15 is 0 Å². The number of alkyl halides is 3. The van der Waals surface area contributed by atoms with Gasteiger partial charge in [0.05, 0.1) is 6.04 Å². The van der Waals surface area contributed by atoms with E-state index in [0.29, 0.717) is 21.7 Å². The molecule has 0 saturated heterocycles. The van der Waals surface area contributed by atoms with E-state index in [1.54, 1.807) is 18.2 Å². The molecular weight excluding hydrogens is 343 g/mol. The maximum atomic E-state index is 13.5. The molecule has 4 rings (SSSR count). The largest absolute Gasteiger partial charge is 0.476 e. The molecule has 7 nitrogen and oxygen atoms in total. The van der Waals surface area contributed by atoms with Gasteiger partial charge in [-0.05, 0) is 17.7 Å². The zero-order chi connectivity index (χ0) is 17.8. The summed E-state index contributed by atoms with van der Waals surface area (Å²) in [5.41, 5.74) is 0.144. The monoisotopic (exact) mass is 355 g/mol. The number of aromatic carboxylic acids is 1. The lowest BCUT2D eigenvalue weighted by atomic mass is 9.96. The summed E-state index contributed by atoms with van der Waals surface area (Å²) in [6, 6.07) is 3.41. The number of anilines is 1. The highest BCUT2D eigenvalue weighted by molar-refractivity contribution is 5.86. The van der Waals surface area contributed by atoms with Gasteiger partial charge in [0.1, 0.15) is 5.82 Å². The Labute approximate surface area is 139 Å². The molecule has 2 aliphatic heterocycles. The van der Waals surface area contributed by atoms with Gasteiger partial charge in [-0.15, -0.1) is 0 Å². The van der Waals surface area contributed by atoms with Crippen LogP contribution in [0.25, 0.3) is 0 Å². The number of ether oxygens (including phenoxy) is 2. The van der Waals surface area contributed by atoms with E-state index in [-0.39, 0.29) is 19.0 Å². The zero-order valence-corrected chi connectivity index (χ0v) is 12.6. The molecule has 0 aliphatic carbocycles. The van der Waals surface area contributed by atoms with Crippen molar-refractivity contribution in [2.75, 3.05) is 12.1 Å². The second-order valence-electron chi connectivity index (χ2n) is 5.77. The van der Waals surface area contributed by atoms with E-state index in [2.05, 4.69) is 10.4 Å². The van der Waals surface area contributed by atoms with Crippen molar-refractivity contribution >= 4 is 11.8 Å². The van der Waals surface area contributed by atoms with Crippen molar-refractivity contribution in [2.24, 2.45) is 0 Å². The minimum absolute atomic E-state index is 0.00800. The van der Waals surface area contributed by atoms with E-state index in [4.69, 9.17) is 14.6 Å². The highest BCUT2D eigenvalue weighted by Gasteiger charge is 2.47. The molecule has 2 aliphatic rings. The average molecular weight is 355 g/mol. The normalized spacial score (nSPS) is 21.6. The molecule has 1 aromatic heterocycles. The first-order valence-corrected chi connectivity index (χ1v) is 7.38. The van der Waals surface area contributed by atoms with Gasteiger partial charge in [0.2, 0.25) is 6.79 Å². The van der Waals surface area contributed by atoms with Crippen molar-refractivity contribution < 1.29 is 32.5 Å². The summed E-state index contributed by atoms with van der Waals surface area (Å²) in [4.78, 5) is 11.0.